The quantitative estimate of drug-likeness (QED) is 0.150. The average molecular weight is 534 g/mol. The van der Waals surface area contributed by atoms with Gasteiger partial charge in [0.05, 0.1) is 0 Å². The molecule has 1 unspecified atom stereocenters. The van der Waals surface area contributed by atoms with Crippen LogP contribution in [0.3, 0.4) is 0 Å². The molecule has 9 nitrogen and oxygen atoms in total. The van der Waals surface area contributed by atoms with E-state index in [1.54, 1.807) is 24.3 Å². The molecule has 2 aliphatic carbocycles. The van der Waals surface area contributed by atoms with Gasteiger partial charge < -0.3 is 15.0 Å². The van der Waals surface area contributed by atoms with Gasteiger partial charge >= 0.3 is 6.09 Å². The van der Waals surface area contributed by atoms with Crippen molar-refractivity contribution in [3.05, 3.63) is 60.2 Å². The van der Waals surface area contributed by atoms with Gasteiger partial charge in [0.1, 0.15) is 5.52 Å². The van der Waals surface area contributed by atoms with Gasteiger partial charge in [-0.05, 0) is 68.8 Å². The molecule has 4 N–H and O–H groups in total. The lowest BCUT2D eigenvalue weighted by Crippen LogP contribution is -2.33. The molecule has 1 aromatic carbocycles. The smallest absolute Gasteiger partial charge is 0.410 e. The molecule has 2 aromatic heterocycles. The van der Waals surface area contributed by atoms with Gasteiger partial charge in [-0.25, -0.2) is 24.1 Å². The van der Waals surface area contributed by atoms with E-state index in [0.29, 0.717) is 41.2 Å². The lowest BCUT2D eigenvalue weighted by Gasteiger charge is -2.32. The monoisotopic (exact) mass is 533 g/mol. The number of hydrogen-bond acceptors (Lipinski definition) is 6. The topological polar surface area (TPSA) is 129 Å². The Kier molecular flexibility index (Phi) is 7.90. The summed E-state index contributed by atoms with van der Waals surface area (Å²) in [6.45, 7) is 6.62. The first-order valence-electron chi connectivity index (χ1n) is 13.8. The fraction of sp³-hybridized carbons (Fsp3) is 0.483. The third kappa shape index (κ3) is 5.79. The van der Waals surface area contributed by atoms with Crippen LogP contribution in [0.2, 0.25) is 0 Å². The van der Waals surface area contributed by atoms with Crippen LogP contribution in [0.15, 0.2) is 43.0 Å². The number of hydrogen-bond donors (Lipinski definition) is 4. The van der Waals surface area contributed by atoms with Crippen LogP contribution in [-0.4, -0.2) is 42.6 Å². The summed E-state index contributed by atoms with van der Waals surface area (Å²) in [6, 6.07) is 9.03. The van der Waals surface area contributed by atoms with Crippen LogP contribution in [0.4, 0.5) is 15.0 Å². The molecular formula is C29H36FN7O2. The molecular weight excluding hydrogens is 497 g/mol. The Morgan fingerprint density at radius 1 is 1.18 bits per heavy atom. The van der Waals surface area contributed by atoms with Gasteiger partial charge in [-0.3, -0.25) is 10.7 Å². The zero-order chi connectivity index (χ0) is 27.5. The molecule has 2 saturated carbocycles. The minimum atomic E-state index is -1.48. The molecule has 0 aliphatic heterocycles. The summed E-state index contributed by atoms with van der Waals surface area (Å²) in [4.78, 5) is 24.9. The fourth-order valence-electron chi connectivity index (χ4n) is 5.72. The standard InChI is InChI=1S/C29H36FN7O2/c1-3-18-12-14-19(15-13-18)16-37-23-25(32-17(2)20-10-7-11-20)34-27(24(31)33-29(38)39)35-26(23)36-28(37)22(30)21-8-5-4-6-9-21/h3-6,8-9,17-20,22H,1,7,10-16H2,2H3,(H2,31,33)(H,38,39)(H,32,34,35)/t17-,18-,19-,22?/m1/s1. The van der Waals surface area contributed by atoms with Crippen molar-refractivity contribution in [1.82, 2.24) is 24.8 Å². The van der Waals surface area contributed by atoms with E-state index in [2.05, 4.69) is 33.8 Å². The molecule has 10 heteroatoms. The highest BCUT2D eigenvalue weighted by atomic mass is 19.1. The summed E-state index contributed by atoms with van der Waals surface area (Å²) < 4.78 is 18.1. The first-order valence-corrected chi connectivity index (χ1v) is 13.8. The van der Waals surface area contributed by atoms with Gasteiger partial charge in [0.15, 0.2) is 35.1 Å². The van der Waals surface area contributed by atoms with E-state index in [9.17, 15) is 4.79 Å². The number of fused-ring (bicyclic) bond motifs is 1. The number of amides is 1. The van der Waals surface area contributed by atoms with E-state index in [1.165, 1.54) is 6.42 Å². The van der Waals surface area contributed by atoms with Crippen molar-refractivity contribution in [2.75, 3.05) is 5.32 Å². The van der Waals surface area contributed by atoms with Crippen LogP contribution in [0.1, 0.15) is 75.3 Å². The molecule has 206 valence electrons. The van der Waals surface area contributed by atoms with Crippen molar-refractivity contribution in [2.45, 2.75) is 70.6 Å². The number of aromatic nitrogens is 4. The first kappa shape index (κ1) is 26.8. The van der Waals surface area contributed by atoms with Crippen LogP contribution in [0.5, 0.6) is 0 Å². The number of anilines is 1. The maximum Gasteiger partial charge on any atom is 0.410 e. The Balaban J connectivity index is 1.62. The van der Waals surface area contributed by atoms with Gasteiger partial charge in [-0.15, -0.1) is 6.58 Å². The highest BCUT2D eigenvalue weighted by Gasteiger charge is 2.30. The number of amidine groups is 1. The summed E-state index contributed by atoms with van der Waals surface area (Å²) in [5, 5.41) is 22.9. The normalized spacial score (nSPS) is 21.1. The molecule has 2 heterocycles. The number of benzene rings is 1. The van der Waals surface area contributed by atoms with Crippen LogP contribution in [0, 0.1) is 23.2 Å². The lowest BCUT2D eigenvalue weighted by molar-refractivity contribution is 0.200. The number of carbonyl (C=O) groups is 1. The Morgan fingerprint density at radius 3 is 2.51 bits per heavy atom. The lowest BCUT2D eigenvalue weighted by atomic mass is 9.80. The maximum absolute atomic E-state index is 16.2. The Morgan fingerprint density at radius 2 is 1.90 bits per heavy atom. The summed E-state index contributed by atoms with van der Waals surface area (Å²) in [6.07, 6.45) is 6.69. The van der Waals surface area contributed by atoms with Crippen molar-refractivity contribution in [1.29, 1.82) is 5.41 Å². The number of rotatable bonds is 9. The van der Waals surface area contributed by atoms with E-state index in [-0.39, 0.29) is 23.3 Å². The Labute approximate surface area is 227 Å². The molecule has 0 bridgehead atoms. The minimum absolute atomic E-state index is 0.0939. The second-order valence-corrected chi connectivity index (χ2v) is 10.9. The van der Waals surface area contributed by atoms with Gasteiger partial charge in [-0.2, -0.15) is 0 Å². The molecule has 2 aliphatic rings. The van der Waals surface area contributed by atoms with E-state index in [0.717, 1.165) is 38.5 Å². The van der Waals surface area contributed by atoms with Crippen LogP contribution in [0.25, 0.3) is 11.2 Å². The number of nitrogens with one attached hydrogen (secondary N) is 3. The van der Waals surface area contributed by atoms with E-state index >= 15 is 4.39 Å². The van der Waals surface area contributed by atoms with Gasteiger partial charge in [0.25, 0.3) is 0 Å². The number of carboxylic acid groups (broad SMARTS) is 1. The van der Waals surface area contributed by atoms with Gasteiger partial charge in [0, 0.05) is 12.6 Å². The molecule has 3 aromatic rings. The van der Waals surface area contributed by atoms with E-state index in [4.69, 9.17) is 10.5 Å². The predicted octanol–water partition coefficient (Wildman–Crippen LogP) is 6.07. The summed E-state index contributed by atoms with van der Waals surface area (Å²) in [5.41, 5.74) is 1.33. The highest BCUT2D eigenvalue weighted by Crippen LogP contribution is 2.37. The zero-order valence-electron chi connectivity index (χ0n) is 22.2. The first-order chi connectivity index (χ1) is 18.8. The average Bonchev–Trinajstić information content (AvgIpc) is 3.26. The summed E-state index contributed by atoms with van der Waals surface area (Å²) >= 11 is 0. The summed E-state index contributed by atoms with van der Waals surface area (Å²) in [7, 11) is 0. The largest absolute Gasteiger partial charge is 0.465 e. The number of halogens is 1. The molecule has 5 rings (SSSR count). The molecule has 2 fully saturated rings. The predicted molar refractivity (Wildman–Crippen MR) is 149 cm³/mol. The van der Waals surface area contributed by atoms with Crippen molar-refractivity contribution in [3.63, 3.8) is 0 Å². The van der Waals surface area contributed by atoms with Crippen LogP contribution < -0.4 is 10.6 Å². The number of nitrogens with zero attached hydrogens (tertiary/aromatic N) is 4. The molecule has 0 saturated heterocycles. The molecule has 2 atom stereocenters. The SMILES string of the molecule is C=C[C@H]1CC[C@H](Cn2c(C(F)c3ccccc3)nc3nc(C(=N)NC(=O)O)nc(N[C@H](C)C4CCC4)c32)CC1. The highest BCUT2D eigenvalue weighted by molar-refractivity contribution is 6.03. The molecule has 39 heavy (non-hydrogen) atoms. The maximum atomic E-state index is 16.2. The zero-order valence-corrected chi connectivity index (χ0v) is 22.2. The van der Waals surface area contributed by atoms with E-state index < -0.39 is 18.1 Å². The van der Waals surface area contributed by atoms with E-state index in [1.807, 2.05) is 22.0 Å². The third-order valence-electron chi connectivity index (χ3n) is 8.29. The van der Waals surface area contributed by atoms with Crippen molar-refractivity contribution >= 4 is 28.9 Å². The van der Waals surface area contributed by atoms with Crippen molar-refractivity contribution in [2.24, 2.45) is 17.8 Å². The van der Waals surface area contributed by atoms with Crippen LogP contribution in [-0.2, 0) is 6.54 Å². The van der Waals surface area contributed by atoms with Gasteiger partial charge in [-0.1, -0.05) is 42.8 Å². The number of allylic oxidation sites excluding steroid dienone is 1. The molecule has 1 amide bonds. The third-order valence-corrected chi connectivity index (χ3v) is 8.29. The van der Waals surface area contributed by atoms with Crippen molar-refractivity contribution < 1.29 is 14.3 Å². The second kappa shape index (κ2) is 11.5. The number of alkyl halides is 1. The molecule has 0 spiro atoms. The van der Waals surface area contributed by atoms with Crippen molar-refractivity contribution in [3.8, 4) is 0 Å². The minimum Gasteiger partial charge on any atom is -0.465 e. The summed E-state index contributed by atoms with van der Waals surface area (Å²) in [5.74, 6) is 1.46. The Bertz CT molecular complexity index is 1350. The molecule has 0 radical (unpaired) electrons. The fourth-order valence-corrected chi connectivity index (χ4v) is 5.72. The second-order valence-electron chi connectivity index (χ2n) is 10.9. The van der Waals surface area contributed by atoms with Crippen LogP contribution >= 0.6 is 0 Å². The Hall–Kier alpha value is -3.82. The van der Waals surface area contributed by atoms with Gasteiger partial charge in [0.2, 0.25) is 0 Å². The number of imidazole rings is 1.